The van der Waals surface area contributed by atoms with E-state index in [1.807, 2.05) is 97.1 Å². The molecular formula is C29H22O5. The molecule has 0 aliphatic carbocycles. The van der Waals surface area contributed by atoms with Crippen molar-refractivity contribution in [2.24, 2.45) is 0 Å². The third-order valence-corrected chi connectivity index (χ3v) is 5.72. The van der Waals surface area contributed by atoms with Gasteiger partial charge in [0.2, 0.25) is 6.79 Å². The van der Waals surface area contributed by atoms with Crippen molar-refractivity contribution >= 4 is 11.0 Å². The van der Waals surface area contributed by atoms with Gasteiger partial charge in [0.25, 0.3) is 0 Å². The molecule has 0 radical (unpaired) electrons. The van der Waals surface area contributed by atoms with Crippen molar-refractivity contribution < 1.29 is 23.4 Å². The quantitative estimate of drug-likeness (QED) is 0.268. The zero-order valence-corrected chi connectivity index (χ0v) is 18.4. The van der Waals surface area contributed by atoms with Crippen LogP contribution in [0.5, 0.6) is 23.0 Å². The molecule has 5 aromatic rings. The van der Waals surface area contributed by atoms with Gasteiger partial charge in [-0.15, -0.1) is 0 Å². The lowest BCUT2D eigenvalue weighted by Crippen LogP contribution is -1.99. The Bertz CT molecular complexity index is 1380. The number of hydrogen-bond acceptors (Lipinski definition) is 5. The predicted octanol–water partition coefficient (Wildman–Crippen LogP) is 6.99. The van der Waals surface area contributed by atoms with E-state index in [0.717, 1.165) is 39.2 Å². The Morgan fingerprint density at radius 1 is 0.647 bits per heavy atom. The summed E-state index contributed by atoms with van der Waals surface area (Å²) in [5, 5.41) is 0.942. The first-order valence-corrected chi connectivity index (χ1v) is 11.1. The van der Waals surface area contributed by atoms with Crippen LogP contribution >= 0.6 is 0 Å². The molecule has 0 spiro atoms. The van der Waals surface area contributed by atoms with Gasteiger partial charge in [-0.2, -0.15) is 0 Å². The fourth-order valence-electron chi connectivity index (χ4n) is 3.95. The molecule has 2 heterocycles. The van der Waals surface area contributed by atoms with E-state index in [0.29, 0.717) is 30.5 Å². The second-order valence-electron chi connectivity index (χ2n) is 8.06. The molecule has 1 aliphatic rings. The first-order valence-electron chi connectivity index (χ1n) is 11.1. The van der Waals surface area contributed by atoms with Crippen LogP contribution in [-0.2, 0) is 13.2 Å². The van der Waals surface area contributed by atoms with Gasteiger partial charge in [-0.25, -0.2) is 0 Å². The van der Waals surface area contributed by atoms with Crippen molar-refractivity contribution in [3.05, 3.63) is 108 Å². The molecule has 0 bridgehead atoms. The van der Waals surface area contributed by atoms with Crippen LogP contribution in [0.25, 0.3) is 22.3 Å². The number of rotatable bonds is 7. The van der Waals surface area contributed by atoms with Crippen LogP contribution in [0.4, 0.5) is 0 Å². The summed E-state index contributed by atoms with van der Waals surface area (Å²) in [4.78, 5) is 0. The van der Waals surface area contributed by atoms with Crippen LogP contribution in [0.15, 0.2) is 101 Å². The normalized spacial score (nSPS) is 12.1. The molecule has 34 heavy (non-hydrogen) atoms. The van der Waals surface area contributed by atoms with Gasteiger partial charge < -0.3 is 23.4 Å². The highest BCUT2D eigenvalue weighted by molar-refractivity contribution is 5.87. The van der Waals surface area contributed by atoms with Crippen molar-refractivity contribution in [1.29, 1.82) is 0 Å². The maximum absolute atomic E-state index is 6.26. The van der Waals surface area contributed by atoms with E-state index >= 15 is 0 Å². The standard InChI is InChI=1S/C29H22O5/c1-3-7-20(8-4-1)17-30-23-11-12-24(26(15-23)31-18-21-9-5-2-6-10-21)27-13-22-14-28-29(33-19-32-28)16-25(22)34-27/h1-16H,17-19H2. The SMILES string of the molecule is c1ccc(COc2ccc(-c3cc4cc5c(cc4o3)OCO5)c(OCc3ccccc3)c2)cc1. The van der Waals surface area contributed by atoms with Crippen molar-refractivity contribution in [2.75, 3.05) is 6.79 Å². The average Bonchev–Trinajstić information content (AvgIpc) is 3.52. The second kappa shape index (κ2) is 8.87. The van der Waals surface area contributed by atoms with Gasteiger partial charge in [0.05, 0.1) is 5.56 Å². The molecule has 168 valence electrons. The summed E-state index contributed by atoms with van der Waals surface area (Å²) in [6.45, 7) is 1.15. The molecular weight excluding hydrogens is 428 g/mol. The summed E-state index contributed by atoms with van der Waals surface area (Å²) in [5.41, 5.74) is 3.77. The van der Waals surface area contributed by atoms with Gasteiger partial charge in [-0.3, -0.25) is 0 Å². The smallest absolute Gasteiger partial charge is 0.231 e. The fraction of sp³-hybridized carbons (Fsp3) is 0.103. The van der Waals surface area contributed by atoms with Gasteiger partial charge >= 0.3 is 0 Å². The number of ether oxygens (including phenoxy) is 4. The predicted molar refractivity (Wildman–Crippen MR) is 129 cm³/mol. The number of furan rings is 1. The van der Waals surface area contributed by atoms with Crippen LogP contribution in [0.2, 0.25) is 0 Å². The maximum atomic E-state index is 6.26. The van der Waals surface area contributed by atoms with Crippen LogP contribution in [0, 0.1) is 0 Å². The topological polar surface area (TPSA) is 50.1 Å². The molecule has 4 aromatic carbocycles. The Morgan fingerprint density at radius 2 is 1.32 bits per heavy atom. The molecule has 0 saturated heterocycles. The summed E-state index contributed by atoms with van der Waals surface area (Å²) in [7, 11) is 0. The van der Waals surface area contributed by atoms with Crippen LogP contribution in [0.3, 0.4) is 0 Å². The van der Waals surface area contributed by atoms with E-state index in [2.05, 4.69) is 0 Å². The summed E-state index contributed by atoms with van der Waals surface area (Å²) in [6.07, 6.45) is 0. The molecule has 5 heteroatoms. The van der Waals surface area contributed by atoms with Crippen LogP contribution in [-0.4, -0.2) is 6.79 Å². The van der Waals surface area contributed by atoms with Gasteiger partial charge in [0.1, 0.15) is 36.1 Å². The molecule has 6 rings (SSSR count). The Kier molecular flexibility index (Phi) is 5.28. The Labute approximate surface area is 197 Å². The lowest BCUT2D eigenvalue weighted by atomic mass is 10.1. The van der Waals surface area contributed by atoms with E-state index in [1.165, 1.54) is 0 Å². The highest BCUT2D eigenvalue weighted by Crippen LogP contribution is 2.41. The van der Waals surface area contributed by atoms with E-state index < -0.39 is 0 Å². The third-order valence-electron chi connectivity index (χ3n) is 5.72. The summed E-state index contributed by atoms with van der Waals surface area (Å²) in [6, 6.07) is 31.8. The van der Waals surface area contributed by atoms with Gasteiger partial charge in [-0.05, 0) is 35.4 Å². The van der Waals surface area contributed by atoms with Crippen molar-refractivity contribution in [1.82, 2.24) is 0 Å². The lowest BCUT2D eigenvalue weighted by Gasteiger charge is -2.13. The van der Waals surface area contributed by atoms with Crippen LogP contribution in [0.1, 0.15) is 11.1 Å². The van der Waals surface area contributed by atoms with Crippen molar-refractivity contribution in [2.45, 2.75) is 13.2 Å². The molecule has 5 nitrogen and oxygen atoms in total. The van der Waals surface area contributed by atoms with Gasteiger partial charge in [-0.1, -0.05) is 60.7 Å². The fourth-order valence-corrected chi connectivity index (χ4v) is 3.95. The lowest BCUT2D eigenvalue weighted by molar-refractivity contribution is 0.174. The average molecular weight is 450 g/mol. The molecule has 0 N–H and O–H groups in total. The van der Waals surface area contributed by atoms with Gasteiger partial charge in [0.15, 0.2) is 11.5 Å². The molecule has 1 aliphatic heterocycles. The summed E-state index contributed by atoms with van der Waals surface area (Å²) >= 11 is 0. The third kappa shape index (κ3) is 4.16. The number of benzene rings is 4. The van der Waals surface area contributed by atoms with E-state index in [1.54, 1.807) is 0 Å². The second-order valence-corrected chi connectivity index (χ2v) is 8.06. The summed E-state index contributed by atoms with van der Waals surface area (Å²) < 4.78 is 29.5. The summed E-state index contributed by atoms with van der Waals surface area (Å²) in [5.74, 6) is 3.54. The van der Waals surface area contributed by atoms with E-state index in [-0.39, 0.29) is 6.79 Å². The minimum Gasteiger partial charge on any atom is -0.489 e. The maximum Gasteiger partial charge on any atom is 0.231 e. The molecule has 0 amide bonds. The molecule has 0 fully saturated rings. The molecule has 0 saturated carbocycles. The zero-order chi connectivity index (χ0) is 22.7. The number of hydrogen-bond donors (Lipinski definition) is 0. The molecule has 0 atom stereocenters. The van der Waals surface area contributed by atoms with E-state index in [4.69, 9.17) is 23.4 Å². The Balaban J connectivity index is 1.32. The Morgan fingerprint density at radius 3 is 2.06 bits per heavy atom. The van der Waals surface area contributed by atoms with E-state index in [9.17, 15) is 0 Å². The number of fused-ring (bicyclic) bond motifs is 2. The minimum absolute atomic E-state index is 0.233. The Hall–Kier alpha value is -4.38. The first kappa shape index (κ1) is 20.2. The highest BCUT2D eigenvalue weighted by Gasteiger charge is 2.19. The molecule has 1 aromatic heterocycles. The molecule has 0 unspecified atom stereocenters. The van der Waals surface area contributed by atoms with Crippen molar-refractivity contribution in [3.63, 3.8) is 0 Å². The minimum atomic E-state index is 0.233. The van der Waals surface area contributed by atoms with Crippen LogP contribution < -0.4 is 18.9 Å². The highest BCUT2D eigenvalue weighted by atomic mass is 16.7. The van der Waals surface area contributed by atoms with Gasteiger partial charge in [0, 0.05) is 17.5 Å². The monoisotopic (exact) mass is 450 g/mol. The van der Waals surface area contributed by atoms with Crippen molar-refractivity contribution in [3.8, 4) is 34.3 Å². The zero-order valence-electron chi connectivity index (χ0n) is 18.4. The first-order chi connectivity index (χ1) is 16.8. The largest absolute Gasteiger partial charge is 0.489 e.